The Hall–Kier alpha value is -1.93. The summed E-state index contributed by atoms with van der Waals surface area (Å²) in [7, 11) is 2.19. The first-order valence-corrected chi connectivity index (χ1v) is 13.3. The standard InChI is InChI=1S/C21H32N4O.C7H16N2/c1-20(2,15-24-19(26)17-13-22-10-11-23-17)14-21(3,4)25-12-9-16-7-5-6-8-18(16)25;1-3-9-6-4-8(2)5-7-9/h5-9,12,17,22-23H,10-11,13-15H2,1-4H3,(H,24,26);3-7H2,1-2H3. The van der Waals surface area contributed by atoms with Crippen molar-refractivity contribution in [1.29, 1.82) is 0 Å². The molecule has 1 aromatic carbocycles. The van der Waals surface area contributed by atoms with Gasteiger partial charge in [-0.05, 0) is 56.8 Å². The lowest BCUT2D eigenvalue weighted by Gasteiger charge is -2.37. The third-order valence-corrected chi connectivity index (χ3v) is 7.30. The molecule has 1 aromatic heterocycles. The molecule has 0 radical (unpaired) electrons. The number of likely N-dealkylation sites (N-methyl/N-ethyl adjacent to an activating group) is 2. The molecule has 2 aliphatic heterocycles. The lowest BCUT2D eigenvalue weighted by molar-refractivity contribution is -0.123. The van der Waals surface area contributed by atoms with Crippen LogP contribution in [0.2, 0.25) is 0 Å². The molecule has 7 heteroatoms. The van der Waals surface area contributed by atoms with E-state index >= 15 is 0 Å². The van der Waals surface area contributed by atoms with E-state index in [9.17, 15) is 4.79 Å². The predicted molar refractivity (Wildman–Crippen MR) is 147 cm³/mol. The van der Waals surface area contributed by atoms with Crippen LogP contribution in [0, 0.1) is 5.41 Å². The minimum absolute atomic E-state index is 0.00731. The van der Waals surface area contributed by atoms with E-state index < -0.39 is 0 Å². The molecule has 2 fully saturated rings. The van der Waals surface area contributed by atoms with E-state index in [0.717, 1.165) is 19.5 Å². The van der Waals surface area contributed by atoms with Crippen molar-refractivity contribution in [3.63, 3.8) is 0 Å². The van der Waals surface area contributed by atoms with Crippen molar-refractivity contribution in [3.8, 4) is 0 Å². The van der Waals surface area contributed by atoms with Gasteiger partial charge < -0.3 is 30.3 Å². The molecule has 2 aliphatic rings. The second kappa shape index (κ2) is 12.3. The molecule has 3 N–H and O–H groups in total. The molecule has 196 valence electrons. The summed E-state index contributed by atoms with van der Waals surface area (Å²) >= 11 is 0. The maximum atomic E-state index is 12.4. The van der Waals surface area contributed by atoms with Crippen molar-refractivity contribution >= 4 is 16.8 Å². The quantitative estimate of drug-likeness (QED) is 0.564. The van der Waals surface area contributed by atoms with Crippen LogP contribution in [-0.4, -0.2) is 92.3 Å². The number of aromatic nitrogens is 1. The molecule has 1 atom stereocenters. The number of benzene rings is 1. The second-order valence-electron chi connectivity index (χ2n) is 11.6. The molecule has 4 rings (SSSR count). The molecular formula is C28H48N6O. The molecular weight excluding hydrogens is 436 g/mol. The molecule has 0 aliphatic carbocycles. The zero-order valence-corrected chi connectivity index (χ0v) is 22.9. The van der Waals surface area contributed by atoms with E-state index in [-0.39, 0.29) is 22.9 Å². The number of rotatable bonds is 7. The van der Waals surface area contributed by atoms with Crippen LogP contribution < -0.4 is 16.0 Å². The third-order valence-electron chi connectivity index (χ3n) is 7.30. The van der Waals surface area contributed by atoms with Gasteiger partial charge in [-0.1, -0.05) is 39.0 Å². The average molecular weight is 485 g/mol. The minimum Gasteiger partial charge on any atom is -0.354 e. The topological polar surface area (TPSA) is 64.6 Å². The first-order valence-electron chi connectivity index (χ1n) is 13.3. The number of carbonyl (C=O) groups is 1. The molecule has 1 amide bonds. The zero-order valence-electron chi connectivity index (χ0n) is 22.9. The molecule has 0 spiro atoms. The first-order chi connectivity index (χ1) is 16.6. The number of nitrogens with one attached hydrogen (secondary N) is 3. The Morgan fingerprint density at radius 2 is 1.77 bits per heavy atom. The van der Waals surface area contributed by atoms with Gasteiger partial charge in [0.1, 0.15) is 0 Å². The molecule has 2 aromatic rings. The van der Waals surface area contributed by atoms with Crippen LogP contribution in [-0.2, 0) is 10.3 Å². The number of amides is 1. The van der Waals surface area contributed by atoms with Crippen LogP contribution in [0.4, 0.5) is 0 Å². The summed E-state index contributed by atoms with van der Waals surface area (Å²) in [6.07, 6.45) is 3.15. The van der Waals surface area contributed by atoms with Gasteiger partial charge in [0, 0.05) is 69.6 Å². The Morgan fingerprint density at radius 3 is 2.43 bits per heavy atom. The number of hydrogen-bond donors (Lipinski definition) is 3. The Morgan fingerprint density at radius 1 is 1.06 bits per heavy atom. The minimum atomic E-state index is -0.124. The molecule has 1 unspecified atom stereocenters. The Kier molecular flexibility index (Phi) is 9.76. The van der Waals surface area contributed by atoms with Gasteiger partial charge in [-0.2, -0.15) is 0 Å². The van der Waals surface area contributed by atoms with Crippen LogP contribution in [0.3, 0.4) is 0 Å². The van der Waals surface area contributed by atoms with Crippen LogP contribution in [0.15, 0.2) is 36.5 Å². The molecule has 3 heterocycles. The van der Waals surface area contributed by atoms with Crippen LogP contribution in [0.1, 0.15) is 41.0 Å². The smallest absolute Gasteiger partial charge is 0.238 e. The Balaban J connectivity index is 0.000000320. The van der Waals surface area contributed by atoms with Crippen molar-refractivity contribution in [2.75, 3.05) is 66.0 Å². The summed E-state index contributed by atoms with van der Waals surface area (Å²) < 4.78 is 2.36. The van der Waals surface area contributed by atoms with E-state index in [4.69, 9.17) is 0 Å². The number of carbonyl (C=O) groups excluding carboxylic acids is 1. The van der Waals surface area contributed by atoms with Crippen molar-refractivity contribution in [2.24, 2.45) is 5.41 Å². The third kappa shape index (κ3) is 8.04. The lowest BCUT2D eigenvalue weighted by Crippen LogP contribution is -2.56. The summed E-state index contributed by atoms with van der Waals surface area (Å²) in [5, 5.41) is 10.9. The summed E-state index contributed by atoms with van der Waals surface area (Å²) in [4.78, 5) is 17.3. The molecule has 7 nitrogen and oxygen atoms in total. The largest absolute Gasteiger partial charge is 0.354 e. The van der Waals surface area contributed by atoms with Crippen molar-refractivity contribution < 1.29 is 4.79 Å². The summed E-state index contributed by atoms with van der Waals surface area (Å²) in [6.45, 7) is 20.6. The van der Waals surface area contributed by atoms with E-state index in [1.165, 1.54) is 43.6 Å². The van der Waals surface area contributed by atoms with Gasteiger partial charge in [0.05, 0.1) is 6.04 Å². The maximum absolute atomic E-state index is 12.4. The monoisotopic (exact) mass is 484 g/mol. The van der Waals surface area contributed by atoms with E-state index in [2.05, 4.69) is 109 Å². The average Bonchev–Trinajstić information content (AvgIpc) is 3.29. The van der Waals surface area contributed by atoms with Crippen LogP contribution in [0.5, 0.6) is 0 Å². The number of fused-ring (bicyclic) bond motifs is 1. The van der Waals surface area contributed by atoms with E-state index in [1.54, 1.807) is 0 Å². The Labute approximate surface area is 212 Å². The molecule has 0 bridgehead atoms. The highest BCUT2D eigenvalue weighted by Crippen LogP contribution is 2.35. The summed E-state index contributed by atoms with van der Waals surface area (Å²) in [5.41, 5.74) is 1.21. The van der Waals surface area contributed by atoms with Crippen molar-refractivity contribution in [2.45, 2.75) is 52.6 Å². The number of nitrogens with zero attached hydrogens (tertiary/aromatic N) is 3. The van der Waals surface area contributed by atoms with Gasteiger partial charge in [0.2, 0.25) is 5.91 Å². The first kappa shape index (κ1) is 27.7. The highest BCUT2D eigenvalue weighted by molar-refractivity contribution is 5.82. The summed E-state index contributed by atoms with van der Waals surface area (Å²) in [5.74, 6) is 0.0921. The van der Waals surface area contributed by atoms with Crippen LogP contribution in [0.25, 0.3) is 10.9 Å². The number of para-hydroxylation sites is 1. The highest BCUT2D eigenvalue weighted by Gasteiger charge is 2.32. The zero-order chi connectivity index (χ0) is 25.5. The van der Waals surface area contributed by atoms with Gasteiger partial charge in [0.25, 0.3) is 0 Å². The number of piperazine rings is 2. The van der Waals surface area contributed by atoms with E-state index in [0.29, 0.717) is 13.1 Å². The van der Waals surface area contributed by atoms with Gasteiger partial charge in [-0.3, -0.25) is 4.79 Å². The lowest BCUT2D eigenvalue weighted by atomic mass is 9.79. The second-order valence-corrected chi connectivity index (χ2v) is 11.6. The fourth-order valence-electron chi connectivity index (χ4n) is 5.38. The predicted octanol–water partition coefficient (Wildman–Crippen LogP) is 2.72. The van der Waals surface area contributed by atoms with Gasteiger partial charge in [-0.25, -0.2) is 0 Å². The molecule has 35 heavy (non-hydrogen) atoms. The van der Waals surface area contributed by atoms with Crippen molar-refractivity contribution in [3.05, 3.63) is 36.5 Å². The van der Waals surface area contributed by atoms with Gasteiger partial charge in [-0.15, -0.1) is 0 Å². The maximum Gasteiger partial charge on any atom is 0.238 e. The molecule has 0 saturated carbocycles. The van der Waals surface area contributed by atoms with Crippen molar-refractivity contribution in [1.82, 2.24) is 30.3 Å². The normalized spacial score (nSPS) is 20.3. The van der Waals surface area contributed by atoms with E-state index in [1.807, 2.05) is 0 Å². The van der Waals surface area contributed by atoms with Crippen LogP contribution >= 0.6 is 0 Å². The summed E-state index contributed by atoms with van der Waals surface area (Å²) in [6, 6.07) is 10.5. The number of hydrogen-bond acceptors (Lipinski definition) is 5. The van der Waals surface area contributed by atoms with Gasteiger partial charge >= 0.3 is 0 Å². The highest BCUT2D eigenvalue weighted by atomic mass is 16.2. The molecule has 2 saturated heterocycles. The fraction of sp³-hybridized carbons (Fsp3) is 0.679. The fourth-order valence-corrected chi connectivity index (χ4v) is 5.38. The van der Waals surface area contributed by atoms with Gasteiger partial charge in [0.15, 0.2) is 0 Å². The SMILES string of the molecule is CC(C)(CNC(=O)C1CNCCN1)CC(C)(C)n1ccc2ccccc21.CCN1CCN(C)CC1. The Bertz CT molecular complexity index is 922.